The molecule has 0 unspecified atom stereocenters. The highest BCUT2D eigenvalue weighted by atomic mass is 16.3. The molecule has 0 fully saturated rings. The standard InChI is InChI=1S/C18H19N5O3/c1-9-4-6-12(24)10(2)16(9)23-17(19)14(18(20)26)15(21-23)11-5-7-13(25)22(3)8-11/h4-8,24H,19H2,1-3H3,(H2,20,26). The predicted molar refractivity (Wildman–Crippen MR) is 98.3 cm³/mol. The van der Waals surface area contributed by atoms with E-state index >= 15 is 0 Å². The molecule has 134 valence electrons. The largest absolute Gasteiger partial charge is 0.508 e. The van der Waals surface area contributed by atoms with E-state index in [1.165, 1.54) is 15.3 Å². The van der Waals surface area contributed by atoms with Crippen molar-refractivity contribution >= 4 is 11.7 Å². The molecule has 0 saturated heterocycles. The summed E-state index contributed by atoms with van der Waals surface area (Å²) >= 11 is 0. The fourth-order valence-corrected chi connectivity index (χ4v) is 2.93. The lowest BCUT2D eigenvalue weighted by Gasteiger charge is -2.12. The summed E-state index contributed by atoms with van der Waals surface area (Å²) in [7, 11) is 1.60. The number of phenols is 1. The minimum Gasteiger partial charge on any atom is -0.508 e. The fourth-order valence-electron chi connectivity index (χ4n) is 2.93. The van der Waals surface area contributed by atoms with Gasteiger partial charge in [-0.3, -0.25) is 9.59 Å². The summed E-state index contributed by atoms with van der Waals surface area (Å²) in [6.45, 7) is 3.58. The molecule has 1 amide bonds. The minimum atomic E-state index is -0.729. The minimum absolute atomic E-state index is 0.0609. The monoisotopic (exact) mass is 353 g/mol. The van der Waals surface area contributed by atoms with Crippen LogP contribution in [0.2, 0.25) is 0 Å². The number of nitrogens with two attached hydrogens (primary N) is 2. The first-order valence-corrected chi connectivity index (χ1v) is 7.87. The van der Waals surface area contributed by atoms with Crippen LogP contribution in [-0.2, 0) is 7.05 Å². The number of pyridine rings is 1. The van der Waals surface area contributed by atoms with Crippen molar-refractivity contribution in [3.63, 3.8) is 0 Å². The van der Waals surface area contributed by atoms with Crippen molar-refractivity contribution < 1.29 is 9.90 Å². The Bertz CT molecular complexity index is 1090. The van der Waals surface area contributed by atoms with Gasteiger partial charge in [0.15, 0.2) is 0 Å². The van der Waals surface area contributed by atoms with Crippen molar-refractivity contribution in [2.24, 2.45) is 12.8 Å². The van der Waals surface area contributed by atoms with E-state index in [1.807, 2.05) is 6.92 Å². The van der Waals surface area contributed by atoms with E-state index in [-0.39, 0.29) is 28.4 Å². The SMILES string of the molecule is Cc1ccc(O)c(C)c1-n1nc(-c2ccc(=O)n(C)c2)c(C(N)=O)c1N. The molecule has 0 bridgehead atoms. The van der Waals surface area contributed by atoms with Gasteiger partial charge >= 0.3 is 0 Å². The van der Waals surface area contributed by atoms with Crippen LogP contribution in [0.4, 0.5) is 5.82 Å². The molecule has 1 aromatic carbocycles. The van der Waals surface area contributed by atoms with Crippen LogP contribution in [0.15, 0.2) is 35.3 Å². The van der Waals surface area contributed by atoms with E-state index in [0.717, 1.165) is 5.56 Å². The third kappa shape index (κ3) is 2.61. The molecule has 0 atom stereocenters. The van der Waals surface area contributed by atoms with Crippen LogP contribution < -0.4 is 17.0 Å². The predicted octanol–water partition coefficient (Wildman–Crippen LogP) is 1.24. The molecule has 3 aromatic rings. The Labute approximate surface area is 149 Å². The number of aryl methyl sites for hydroxylation is 2. The number of phenolic OH excluding ortho intramolecular Hbond substituents is 1. The summed E-state index contributed by atoms with van der Waals surface area (Å²) < 4.78 is 2.77. The zero-order valence-electron chi connectivity index (χ0n) is 14.6. The number of benzene rings is 1. The van der Waals surface area contributed by atoms with Gasteiger partial charge in [0.1, 0.15) is 22.8 Å². The summed E-state index contributed by atoms with van der Waals surface area (Å²) in [5.74, 6) is -0.573. The number of aromatic hydroxyl groups is 1. The average Bonchev–Trinajstić information content (AvgIpc) is 2.91. The van der Waals surface area contributed by atoms with Gasteiger partial charge < -0.3 is 21.1 Å². The highest BCUT2D eigenvalue weighted by Gasteiger charge is 2.24. The second-order valence-corrected chi connectivity index (χ2v) is 6.13. The van der Waals surface area contributed by atoms with Crippen molar-refractivity contribution in [3.8, 4) is 22.7 Å². The lowest BCUT2D eigenvalue weighted by Crippen LogP contribution is -2.16. The number of hydrogen-bond acceptors (Lipinski definition) is 5. The van der Waals surface area contributed by atoms with Crippen LogP contribution in [0.1, 0.15) is 21.5 Å². The number of nitrogens with zero attached hydrogens (tertiary/aromatic N) is 3. The quantitative estimate of drug-likeness (QED) is 0.652. The molecule has 5 N–H and O–H groups in total. The van der Waals surface area contributed by atoms with Gasteiger partial charge in [-0.05, 0) is 31.5 Å². The van der Waals surface area contributed by atoms with Gasteiger partial charge in [0.25, 0.3) is 5.91 Å². The van der Waals surface area contributed by atoms with Crippen molar-refractivity contribution in [2.45, 2.75) is 13.8 Å². The number of amides is 1. The number of hydrogen-bond donors (Lipinski definition) is 3. The van der Waals surface area contributed by atoms with E-state index in [0.29, 0.717) is 16.8 Å². The lowest BCUT2D eigenvalue weighted by atomic mass is 10.1. The Hall–Kier alpha value is -3.55. The number of anilines is 1. The third-order valence-corrected chi connectivity index (χ3v) is 4.34. The molecule has 0 aliphatic heterocycles. The van der Waals surface area contributed by atoms with Crippen molar-refractivity contribution in [1.29, 1.82) is 0 Å². The first-order chi connectivity index (χ1) is 12.2. The van der Waals surface area contributed by atoms with E-state index in [4.69, 9.17) is 11.5 Å². The Kier molecular flexibility index (Phi) is 4.03. The second-order valence-electron chi connectivity index (χ2n) is 6.13. The van der Waals surface area contributed by atoms with Gasteiger partial charge in [0.05, 0.1) is 5.69 Å². The van der Waals surface area contributed by atoms with Gasteiger partial charge in [-0.1, -0.05) is 6.07 Å². The van der Waals surface area contributed by atoms with Crippen LogP contribution in [0.5, 0.6) is 5.75 Å². The van der Waals surface area contributed by atoms with Gasteiger partial charge in [0, 0.05) is 30.4 Å². The van der Waals surface area contributed by atoms with Crippen molar-refractivity contribution in [3.05, 3.63) is 57.5 Å². The first-order valence-electron chi connectivity index (χ1n) is 7.87. The zero-order valence-corrected chi connectivity index (χ0v) is 14.6. The number of aromatic nitrogens is 3. The molecule has 0 aliphatic carbocycles. The molecular formula is C18H19N5O3. The van der Waals surface area contributed by atoms with Crippen LogP contribution in [0, 0.1) is 13.8 Å². The molecule has 3 rings (SSSR count). The zero-order chi connectivity index (χ0) is 19.2. The molecule has 8 heteroatoms. The van der Waals surface area contributed by atoms with Gasteiger partial charge in [-0.2, -0.15) is 5.10 Å². The molecule has 2 heterocycles. The molecule has 8 nitrogen and oxygen atoms in total. The number of nitrogen functional groups attached to an aromatic ring is 1. The van der Waals surface area contributed by atoms with Gasteiger partial charge in [-0.15, -0.1) is 0 Å². The third-order valence-electron chi connectivity index (χ3n) is 4.34. The Morgan fingerprint density at radius 2 is 1.88 bits per heavy atom. The number of carbonyl (C=O) groups is 1. The summed E-state index contributed by atoms with van der Waals surface area (Å²) in [5.41, 5.74) is 14.3. The van der Waals surface area contributed by atoms with Crippen LogP contribution >= 0.6 is 0 Å². The normalized spacial score (nSPS) is 10.9. The van der Waals surface area contributed by atoms with E-state index in [1.54, 1.807) is 38.4 Å². The summed E-state index contributed by atoms with van der Waals surface area (Å²) in [6, 6.07) is 6.24. The molecule has 26 heavy (non-hydrogen) atoms. The summed E-state index contributed by atoms with van der Waals surface area (Å²) in [5, 5.41) is 14.5. The molecular weight excluding hydrogens is 334 g/mol. The van der Waals surface area contributed by atoms with Crippen LogP contribution in [0.3, 0.4) is 0 Å². The van der Waals surface area contributed by atoms with Gasteiger partial charge in [-0.25, -0.2) is 4.68 Å². The van der Waals surface area contributed by atoms with Crippen LogP contribution in [-0.4, -0.2) is 25.4 Å². The lowest BCUT2D eigenvalue weighted by molar-refractivity contribution is 0.100. The highest BCUT2D eigenvalue weighted by Crippen LogP contribution is 2.33. The van der Waals surface area contributed by atoms with Crippen molar-refractivity contribution in [2.75, 3.05) is 5.73 Å². The average molecular weight is 353 g/mol. The molecule has 2 aromatic heterocycles. The maximum Gasteiger partial charge on any atom is 0.254 e. The molecule has 0 radical (unpaired) electrons. The summed E-state index contributed by atoms with van der Waals surface area (Å²) in [4.78, 5) is 23.7. The summed E-state index contributed by atoms with van der Waals surface area (Å²) in [6.07, 6.45) is 1.56. The Morgan fingerprint density at radius 1 is 1.19 bits per heavy atom. The van der Waals surface area contributed by atoms with Crippen LogP contribution in [0.25, 0.3) is 16.9 Å². The smallest absolute Gasteiger partial charge is 0.254 e. The Balaban J connectivity index is 2.35. The topological polar surface area (TPSA) is 129 Å². The van der Waals surface area contributed by atoms with E-state index in [2.05, 4.69) is 5.10 Å². The van der Waals surface area contributed by atoms with E-state index in [9.17, 15) is 14.7 Å². The molecule has 0 spiro atoms. The number of rotatable bonds is 3. The maximum atomic E-state index is 12.0. The second kappa shape index (κ2) is 6.07. The van der Waals surface area contributed by atoms with Gasteiger partial charge in [0.2, 0.25) is 5.56 Å². The number of carbonyl (C=O) groups excluding carboxylic acids is 1. The fraction of sp³-hybridized carbons (Fsp3) is 0.167. The van der Waals surface area contributed by atoms with Crippen molar-refractivity contribution in [1.82, 2.24) is 14.3 Å². The highest BCUT2D eigenvalue weighted by molar-refractivity contribution is 6.03. The molecule has 0 saturated carbocycles. The molecule has 0 aliphatic rings. The maximum absolute atomic E-state index is 12.0. The number of primary amides is 1. The van der Waals surface area contributed by atoms with E-state index < -0.39 is 5.91 Å². The first kappa shape index (κ1) is 17.3. The Morgan fingerprint density at radius 3 is 2.50 bits per heavy atom.